The first-order valence-corrected chi connectivity index (χ1v) is 4.17. The van der Waals surface area contributed by atoms with Crippen LogP contribution >= 0.6 is 23.2 Å². The molecule has 0 radical (unpaired) electrons. The molecule has 1 aromatic rings. The van der Waals surface area contributed by atoms with Gasteiger partial charge in [0, 0.05) is 12.3 Å². The summed E-state index contributed by atoms with van der Waals surface area (Å²) in [7, 11) is 0. The second-order valence-corrected chi connectivity index (χ2v) is 3.17. The van der Waals surface area contributed by atoms with Crippen molar-refractivity contribution in [1.82, 2.24) is 0 Å². The summed E-state index contributed by atoms with van der Waals surface area (Å²) in [6.45, 7) is 0.491. The van der Waals surface area contributed by atoms with Gasteiger partial charge in [-0.2, -0.15) is 0 Å². The summed E-state index contributed by atoms with van der Waals surface area (Å²) in [5.41, 5.74) is 0.732. The second-order valence-electron chi connectivity index (χ2n) is 2.36. The van der Waals surface area contributed by atoms with Crippen molar-refractivity contribution in [2.75, 3.05) is 6.61 Å². The molecule has 0 bridgehead atoms. The van der Waals surface area contributed by atoms with Crippen molar-refractivity contribution in [2.45, 2.75) is 0 Å². The van der Waals surface area contributed by atoms with Gasteiger partial charge >= 0.3 is 0 Å². The molecular weight excluding hydrogens is 197 g/mol. The molecule has 4 heteroatoms. The molecule has 2 rings (SSSR count). The minimum absolute atomic E-state index is 0.491. The molecule has 1 heterocycles. The van der Waals surface area contributed by atoms with E-state index in [9.17, 15) is 0 Å². The highest BCUT2D eigenvalue weighted by atomic mass is 35.5. The van der Waals surface area contributed by atoms with Gasteiger partial charge in [0.05, 0.1) is 10.0 Å². The number of aliphatic imine (C=N–C) groups is 1. The molecule has 0 saturated heterocycles. The van der Waals surface area contributed by atoms with Gasteiger partial charge in [-0.05, 0) is 6.07 Å². The Bertz CT molecular complexity index is 349. The maximum atomic E-state index is 5.78. The number of hydrogen-bond donors (Lipinski definition) is 0. The molecule has 0 unspecified atom stereocenters. The largest absolute Gasteiger partial charge is 0.486 e. The second kappa shape index (κ2) is 2.96. The van der Waals surface area contributed by atoms with Crippen molar-refractivity contribution in [3.8, 4) is 5.75 Å². The van der Waals surface area contributed by atoms with Gasteiger partial charge in [-0.1, -0.05) is 23.2 Å². The van der Waals surface area contributed by atoms with Gasteiger partial charge < -0.3 is 4.74 Å². The molecule has 12 heavy (non-hydrogen) atoms. The molecule has 0 N–H and O–H groups in total. The summed E-state index contributed by atoms with van der Waals surface area (Å²) in [6.07, 6.45) is 1.69. The summed E-state index contributed by atoms with van der Waals surface area (Å²) in [4.78, 5) is 4.10. The lowest BCUT2D eigenvalue weighted by Crippen LogP contribution is -2.02. The zero-order chi connectivity index (χ0) is 8.55. The monoisotopic (exact) mass is 201 g/mol. The Morgan fingerprint density at radius 1 is 1.25 bits per heavy atom. The molecule has 62 valence electrons. The molecular formula is C8H5Cl2NO. The first-order chi connectivity index (χ1) is 5.77. The number of nitrogens with zero attached hydrogens (tertiary/aromatic N) is 1. The van der Waals surface area contributed by atoms with E-state index in [-0.39, 0.29) is 0 Å². The Balaban J connectivity index is 2.58. The van der Waals surface area contributed by atoms with E-state index in [0.717, 1.165) is 5.69 Å². The van der Waals surface area contributed by atoms with Crippen molar-refractivity contribution >= 4 is 35.1 Å². The number of ether oxygens (including phenoxy) is 1. The van der Waals surface area contributed by atoms with Crippen LogP contribution < -0.4 is 4.74 Å². The molecule has 0 aromatic heterocycles. The number of hydrogen-bond acceptors (Lipinski definition) is 2. The minimum Gasteiger partial charge on any atom is -0.486 e. The predicted octanol–water partition coefficient (Wildman–Crippen LogP) is 3.09. The summed E-state index contributed by atoms with van der Waals surface area (Å²) in [5.74, 6) is 0.687. The summed E-state index contributed by atoms with van der Waals surface area (Å²) >= 11 is 11.6. The average molecular weight is 202 g/mol. The fourth-order valence-electron chi connectivity index (χ4n) is 0.997. The highest BCUT2D eigenvalue weighted by molar-refractivity contribution is 6.42. The SMILES string of the molecule is Clc1cc2c(cc1Cl)OCC=N2. The van der Waals surface area contributed by atoms with Crippen LogP contribution in [0.5, 0.6) is 5.75 Å². The zero-order valence-corrected chi connectivity index (χ0v) is 7.56. The molecule has 0 amide bonds. The van der Waals surface area contributed by atoms with E-state index in [4.69, 9.17) is 27.9 Å². The van der Waals surface area contributed by atoms with Crippen molar-refractivity contribution in [1.29, 1.82) is 0 Å². The van der Waals surface area contributed by atoms with Crippen LogP contribution in [-0.4, -0.2) is 12.8 Å². The van der Waals surface area contributed by atoms with Crippen LogP contribution in [0, 0.1) is 0 Å². The quantitative estimate of drug-likeness (QED) is 0.633. The van der Waals surface area contributed by atoms with E-state index in [0.29, 0.717) is 22.4 Å². The topological polar surface area (TPSA) is 21.6 Å². The first-order valence-electron chi connectivity index (χ1n) is 3.42. The zero-order valence-electron chi connectivity index (χ0n) is 6.05. The molecule has 1 aromatic carbocycles. The van der Waals surface area contributed by atoms with Crippen molar-refractivity contribution in [3.05, 3.63) is 22.2 Å². The molecule has 0 spiro atoms. The van der Waals surface area contributed by atoms with E-state index in [1.165, 1.54) is 0 Å². The van der Waals surface area contributed by atoms with Crippen molar-refractivity contribution < 1.29 is 4.74 Å². The Labute approximate surface area is 79.8 Å². The molecule has 2 nitrogen and oxygen atoms in total. The molecule has 1 aliphatic rings. The van der Waals surface area contributed by atoms with Gasteiger partial charge in [0.25, 0.3) is 0 Å². The van der Waals surface area contributed by atoms with E-state index >= 15 is 0 Å². The third kappa shape index (κ3) is 1.28. The van der Waals surface area contributed by atoms with E-state index < -0.39 is 0 Å². The van der Waals surface area contributed by atoms with Gasteiger partial charge in [0.15, 0.2) is 0 Å². The summed E-state index contributed by atoms with van der Waals surface area (Å²) < 4.78 is 5.27. The highest BCUT2D eigenvalue weighted by Gasteiger charge is 2.09. The average Bonchev–Trinajstić information content (AvgIpc) is 2.07. The van der Waals surface area contributed by atoms with Crippen LogP contribution in [0.15, 0.2) is 17.1 Å². The molecule has 1 aliphatic heterocycles. The lowest BCUT2D eigenvalue weighted by atomic mass is 10.3. The Morgan fingerprint density at radius 3 is 2.83 bits per heavy atom. The maximum Gasteiger partial charge on any atom is 0.147 e. The van der Waals surface area contributed by atoms with E-state index in [1.54, 1.807) is 18.3 Å². The lowest BCUT2D eigenvalue weighted by molar-refractivity contribution is 0.377. The van der Waals surface area contributed by atoms with E-state index in [2.05, 4.69) is 4.99 Å². The lowest BCUT2D eigenvalue weighted by Gasteiger charge is -2.11. The number of fused-ring (bicyclic) bond motifs is 1. The third-order valence-electron chi connectivity index (χ3n) is 1.55. The van der Waals surface area contributed by atoms with Crippen LogP contribution in [0.3, 0.4) is 0 Å². The van der Waals surface area contributed by atoms with Crippen molar-refractivity contribution in [3.63, 3.8) is 0 Å². The van der Waals surface area contributed by atoms with Crippen LogP contribution in [0.2, 0.25) is 10.0 Å². The molecule has 0 atom stereocenters. The van der Waals surface area contributed by atoms with Crippen LogP contribution in [0.25, 0.3) is 0 Å². The fourth-order valence-corrected chi connectivity index (χ4v) is 1.31. The number of rotatable bonds is 0. The van der Waals surface area contributed by atoms with Gasteiger partial charge in [-0.3, -0.25) is 4.99 Å². The maximum absolute atomic E-state index is 5.78. The Kier molecular flexibility index (Phi) is 1.95. The number of halogens is 2. The van der Waals surface area contributed by atoms with Crippen LogP contribution in [-0.2, 0) is 0 Å². The van der Waals surface area contributed by atoms with Gasteiger partial charge in [-0.15, -0.1) is 0 Å². The third-order valence-corrected chi connectivity index (χ3v) is 2.27. The molecule has 0 saturated carbocycles. The normalized spacial score (nSPS) is 13.8. The standard InChI is InChI=1S/C8H5Cl2NO/c9-5-3-7-8(4-6(5)10)12-2-1-11-7/h1,3-4H,2H2. The van der Waals surface area contributed by atoms with Gasteiger partial charge in [0.1, 0.15) is 18.0 Å². The Hall–Kier alpha value is -0.730. The van der Waals surface area contributed by atoms with Gasteiger partial charge in [-0.25, -0.2) is 0 Å². The summed E-state index contributed by atoms with van der Waals surface area (Å²) in [5, 5.41) is 0.991. The van der Waals surface area contributed by atoms with E-state index in [1.807, 2.05) is 0 Å². The smallest absolute Gasteiger partial charge is 0.147 e. The predicted molar refractivity (Wildman–Crippen MR) is 50.1 cm³/mol. The minimum atomic E-state index is 0.491. The fraction of sp³-hybridized carbons (Fsp3) is 0.125. The number of benzene rings is 1. The van der Waals surface area contributed by atoms with Gasteiger partial charge in [0.2, 0.25) is 0 Å². The first kappa shape index (κ1) is 7.90. The Morgan fingerprint density at radius 2 is 2.00 bits per heavy atom. The highest BCUT2D eigenvalue weighted by Crippen LogP contribution is 2.36. The van der Waals surface area contributed by atoms with Crippen LogP contribution in [0.4, 0.5) is 5.69 Å². The van der Waals surface area contributed by atoms with Crippen molar-refractivity contribution in [2.24, 2.45) is 4.99 Å². The summed E-state index contributed by atoms with van der Waals surface area (Å²) in [6, 6.07) is 3.37. The molecule has 0 fully saturated rings. The van der Waals surface area contributed by atoms with Crippen LogP contribution in [0.1, 0.15) is 0 Å². The molecule has 0 aliphatic carbocycles.